The highest BCUT2D eigenvalue weighted by atomic mass is 35.5. The van der Waals surface area contributed by atoms with Gasteiger partial charge in [-0.3, -0.25) is 0 Å². The largest absolute Gasteiger partial charge is 0.450 e. The molecule has 0 saturated carbocycles. The van der Waals surface area contributed by atoms with Gasteiger partial charge in [0.05, 0.1) is 0 Å². The van der Waals surface area contributed by atoms with Crippen molar-refractivity contribution in [1.82, 2.24) is 0 Å². The Morgan fingerprint density at radius 1 is 1.05 bits per heavy atom. The van der Waals surface area contributed by atoms with Gasteiger partial charge in [-0.1, -0.05) is 48.5 Å². The molecule has 0 radical (unpaired) electrons. The van der Waals surface area contributed by atoms with Crippen LogP contribution in [0.4, 0.5) is 4.79 Å². The molecular weight excluding hydrogens is 260 g/mol. The summed E-state index contributed by atoms with van der Waals surface area (Å²) in [4.78, 5) is 11.0. The van der Waals surface area contributed by atoms with E-state index in [2.05, 4.69) is 24.3 Å². The Bertz CT molecular complexity index is 591. The van der Waals surface area contributed by atoms with Crippen molar-refractivity contribution in [3.05, 3.63) is 59.7 Å². The second-order valence-corrected chi connectivity index (χ2v) is 5.02. The SMILES string of the molecule is C[C@@H](OC(=O)Cl)C1c2ccccc2-c2ccccc21. The number of hydrogen-bond donors (Lipinski definition) is 0. The van der Waals surface area contributed by atoms with E-state index in [1.165, 1.54) is 22.3 Å². The maximum atomic E-state index is 11.0. The lowest BCUT2D eigenvalue weighted by Crippen LogP contribution is -2.19. The molecule has 0 saturated heterocycles. The first kappa shape index (κ1) is 12.2. The minimum Gasteiger partial charge on any atom is -0.450 e. The predicted octanol–water partition coefficient (Wildman–Crippen LogP) is 4.56. The quantitative estimate of drug-likeness (QED) is 0.749. The van der Waals surface area contributed by atoms with Gasteiger partial charge in [0.2, 0.25) is 0 Å². The fraction of sp³-hybridized carbons (Fsp3) is 0.188. The molecule has 0 amide bonds. The number of halogens is 1. The molecule has 0 unspecified atom stereocenters. The van der Waals surface area contributed by atoms with Crippen LogP contribution in [-0.2, 0) is 4.74 Å². The van der Waals surface area contributed by atoms with Gasteiger partial charge in [0.1, 0.15) is 6.10 Å². The molecule has 2 aromatic rings. The van der Waals surface area contributed by atoms with Crippen LogP contribution >= 0.6 is 11.6 Å². The van der Waals surface area contributed by atoms with E-state index in [1.54, 1.807) is 0 Å². The number of fused-ring (bicyclic) bond motifs is 3. The smallest absolute Gasteiger partial charge is 0.404 e. The third-order valence-corrected chi connectivity index (χ3v) is 3.72. The molecule has 0 bridgehead atoms. The second kappa shape index (κ2) is 4.71. The van der Waals surface area contributed by atoms with Crippen LogP contribution in [0, 0.1) is 0 Å². The number of carbonyl (C=O) groups excluding carboxylic acids is 1. The first-order chi connectivity index (χ1) is 9.18. The van der Waals surface area contributed by atoms with Crippen LogP contribution in [0.25, 0.3) is 11.1 Å². The van der Waals surface area contributed by atoms with Gasteiger partial charge >= 0.3 is 5.43 Å². The molecule has 0 aromatic heterocycles. The lowest BCUT2D eigenvalue weighted by Gasteiger charge is -2.20. The molecule has 19 heavy (non-hydrogen) atoms. The van der Waals surface area contributed by atoms with E-state index >= 15 is 0 Å². The molecule has 0 aliphatic heterocycles. The normalized spacial score (nSPS) is 14.6. The maximum absolute atomic E-state index is 11.0. The van der Waals surface area contributed by atoms with Crippen LogP contribution in [-0.4, -0.2) is 11.5 Å². The molecular formula is C16H13ClO2. The van der Waals surface area contributed by atoms with Crippen LogP contribution in [0.1, 0.15) is 24.0 Å². The Hall–Kier alpha value is -1.80. The summed E-state index contributed by atoms with van der Waals surface area (Å²) in [5.74, 6) is 0.0510. The Kier molecular flexibility index (Phi) is 3.03. The number of carbonyl (C=O) groups is 1. The van der Waals surface area contributed by atoms with Gasteiger partial charge in [0.15, 0.2) is 0 Å². The van der Waals surface area contributed by atoms with E-state index in [-0.39, 0.29) is 12.0 Å². The molecule has 3 heteroatoms. The predicted molar refractivity (Wildman–Crippen MR) is 75.5 cm³/mol. The molecule has 0 fully saturated rings. The molecule has 2 aromatic carbocycles. The third kappa shape index (κ3) is 2.02. The fourth-order valence-electron chi connectivity index (χ4n) is 2.91. The molecule has 3 rings (SSSR count). The van der Waals surface area contributed by atoms with Crippen molar-refractivity contribution >= 4 is 17.0 Å². The molecule has 96 valence electrons. The monoisotopic (exact) mass is 272 g/mol. The minimum absolute atomic E-state index is 0.0510. The van der Waals surface area contributed by atoms with E-state index in [4.69, 9.17) is 16.3 Å². The zero-order valence-corrected chi connectivity index (χ0v) is 11.2. The first-order valence-corrected chi connectivity index (χ1v) is 6.60. The highest BCUT2D eigenvalue weighted by Crippen LogP contribution is 2.46. The second-order valence-electron chi connectivity index (χ2n) is 4.71. The highest BCUT2D eigenvalue weighted by Gasteiger charge is 2.33. The summed E-state index contributed by atoms with van der Waals surface area (Å²) < 4.78 is 5.17. The van der Waals surface area contributed by atoms with Gasteiger partial charge in [0.25, 0.3) is 0 Å². The van der Waals surface area contributed by atoms with Crippen LogP contribution in [0.15, 0.2) is 48.5 Å². The number of hydrogen-bond acceptors (Lipinski definition) is 2. The van der Waals surface area contributed by atoms with Gasteiger partial charge in [0, 0.05) is 17.5 Å². The standard InChI is InChI=1S/C16H13ClO2/c1-10(19-16(17)18)15-13-8-4-2-6-11(13)12-7-3-5-9-14(12)15/h2-10,15H,1H3/t10-/m1/s1. The van der Waals surface area contributed by atoms with Gasteiger partial charge in [-0.2, -0.15) is 0 Å². The van der Waals surface area contributed by atoms with Crippen molar-refractivity contribution in [2.75, 3.05) is 0 Å². The summed E-state index contributed by atoms with van der Waals surface area (Å²) in [5.41, 5.74) is 4.04. The summed E-state index contributed by atoms with van der Waals surface area (Å²) in [6.45, 7) is 1.88. The highest BCUT2D eigenvalue weighted by molar-refractivity contribution is 6.61. The van der Waals surface area contributed by atoms with Crippen molar-refractivity contribution in [2.24, 2.45) is 0 Å². The zero-order chi connectivity index (χ0) is 13.4. The topological polar surface area (TPSA) is 26.3 Å². The van der Waals surface area contributed by atoms with E-state index in [0.717, 1.165) is 0 Å². The average Bonchev–Trinajstić information content (AvgIpc) is 2.72. The molecule has 1 aliphatic rings. The third-order valence-electron chi connectivity index (χ3n) is 3.63. The van der Waals surface area contributed by atoms with Crippen LogP contribution < -0.4 is 0 Å². The number of benzene rings is 2. The summed E-state index contributed by atoms with van der Waals surface area (Å²) in [7, 11) is 0. The van der Waals surface area contributed by atoms with E-state index in [1.807, 2.05) is 31.2 Å². The van der Waals surface area contributed by atoms with Crippen molar-refractivity contribution in [3.8, 4) is 11.1 Å². The Balaban J connectivity index is 2.12. The van der Waals surface area contributed by atoms with Gasteiger partial charge in [-0.15, -0.1) is 0 Å². The van der Waals surface area contributed by atoms with Gasteiger partial charge in [-0.25, -0.2) is 4.79 Å². The van der Waals surface area contributed by atoms with E-state index < -0.39 is 5.43 Å². The summed E-state index contributed by atoms with van der Waals surface area (Å²) >= 11 is 5.34. The van der Waals surface area contributed by atoms with Crippen molar-refractivity contribution in [1.29, 1.82) is 0 Å². The summed E-state index contributed by atoms with van der Waals surface area (Å²) in [6.07, 6.45) is -0.283. The lowest BCUT2D eigenvalue weighted by atomic mass is 9.92. The first-order valence-electron chi connectivity index (χ1n) is 6.23. The number of rotatable bonds is 2. The van der Waals surface area contributed by atoms with Crippen molar-refractivity contribution in [2.45, 2.75) is 18.9 Å². The van der Waals surface area contributed by atoms with Gasteiger partial charge < -0.3 is 4.74 Å². The maximum Gasteiger partial charge on any atom is 0.404 e. The lowest BCUT2D eigenvalue weighted by molar-refractivity contribution is 0.122. The Labute approximate surface area is 117 Å². The van der Waals surface area contributed by atoms with Crippen LogP contribution in [0.2, 0.25) is 0 Å². The van der Waals surface area contributed by atoms with Crippen molar-refractivity contribution < 1.29 is 9.53 Å². The summed E-state index contributed by atoms with van der Waals surface area (Å²) in [5, 5.41) is 0. The van der Waals surface area contributed by atoms with Crippen molar-refractivity contribution in [3.63, 3.8) is 0 Å². The van der Waals surface area contributed by atoms with E-state index in [9.17, 15) is 4.79 Å². The van der Waals surface area contributed by atoms with E-state index in [0.29, 0.717) is 0 Å². The number of ether oxygens (including phenoxy) is 1. The van der Waals surface area contributed by atoms with Gasteiger partial charge in [-0.05, 0) is 29.2 Å². The van der Waals surface area contributed by atoms with Crippen LogP contribution in [0.3, 0.4) is 0 Å². The molecule has 1 atom stereocenters. The zero-order valence-electron chi connectivity index (χ0n) is 10.5. The molecule has 0 heterocycles. The minimum atomic E-state index is -0.755. The molecule has 2 nitrogen and oxygen atoms in total. The Morgan fingerprint density at radius 3 is 2.00 bits per heavy atom. The fourth-order valence-corrected chi connectivity index (χ4v) is 3.05. The van der Waals surface area contributed by atoms with Crippen LogP contribution in [0.5, 0.6) is 0 Å². The molecule has 0 N–H and O–H groups in total. The Morgan fingerprint density at radius 2 is 1.53 bits per heavy atom. The summed E-state index contributed by atoms with van der Waals surface area (Å²) in [6, 6.07) is 16.4. The average molecular weight is 273 g/mol. The molecule has 1 aliphatic carbocycles. The molecule has 0 spiro atoms.